The summed E-state index contributed by atoms with van der Waals surface area (Å²) in [5.41, 5.74) is 4.05. The molecule has 2 amide bonds. The summed E-state index contributed by atoms with van der Waals surface area (Å²) < 4.78 is 11.4. The summed E-state index contributed by atoms with van der Waals surface area (Å²) >= 11 is 6.45. The second kappa shape index (κ2) is 13.1. The van der Waals surface area contributed by atoms with Gasteiger partial charge in [0.2, 0.25) is 0 Å². The van der Waals surface area contributed by atoms with Crippen molar-refractivity contribution in [2.75, 3.05) is 18.5 Å². The molecule has 0 fully saturated rings. The van der Waals surface area contributed by atoms with Crippen molar-refractivity contribution in [2.24, 2.45) is 0 Å². The number of amides is 2. The summed E-state index contributed by atoms with van der Waals surface area (Å²) in [7, 11) is 0. The van der Waals surface area contributed by atoms with Gasteiger partial charge in [-0.3, -0.25) is 9.59 Å². The van der Waals surface area contributed by atoms with E-state index in [2.05, 4.69) is 10.6 Å². The minimum atomic E-state index is -0.510. The molecular weight excluding hydrogens is 490 g/mol. The van der Waals surface area contributed by atoms with Crippen molar-refractivity contribution in [1.29, 1.82) is 5.26 Å². The van der Waals surface area contributed by atoms with Crippen molar-refractivity contribution in [1.82, 2.24) is 5.32 Å². The van der Waals surface area contributed by atoms with Crippen LogP contribution < -0.4 is 20.1 Å². The highest BCUT2D eigenvalue weighted by Crippen LogP contribution is 2.37. The third kappa shape index (κ3) is 7.86. The molecule has 8 heteroatoms. The zero-order chi connectivity index (χ0) is 26.8. The number of benzene rings is 3. The lowest BCUT2D eigenvalue weighted by molar-refractivity contribution is -0.118. The summed E-state index contributed by atoms with van der Waals surface area (Å²) in [5, 5.41) is 15.3. The lowest BCUT2D eigenvalue weighted by Gasteiger charge is -2.15. The van der Waals surface area contributed by atoms with Crippen LogP contribution in [0, 0.1) is 25.2 Å². The Hall–Kier alpha value is -4.28. The van der Waals surface area contributed by atoms with E-state index < -0.39 is 5.91 Å². The first-order chi connectivity index (χ1) is 17.8. The maximum absolute atomic E-state index is 12.5. The van der Waals surface area contributed by atoms with Gasteiger partial charge >= 0.3 is 0 Å². The normalized spacial score (nSPS) is 10.8. The Balaban J connectivity index is 1.73. The number of rotatable bonds is 10. The third-order valence-electron chi connectivity index (χ3n) is 5.31. The quantitative estimate of drug-likeness (QED) is 0.269. The number of halogens is 1. The number of hydrogen-bond donors (Lipinski definition) is 2. The third-order valence-corrected chi connectivity index (χ3v) is 5.59. The Kier molecular flexibility index (Phi) is 9.70. The first kappa shape index (κ1) is 27.3. The first-order valence-electron chi connectivity index (χ1n) is 11.7. The minimum absolute atomic E-state index is 0.0871. The van der Waals surface area contributed by atoms with Crippen LogP contribution in [-0.4, -0.2) is 25.0 Å². The van der Waals surface area contributed by atoms with Crippen LogP contribution in [0.4, 0.5) is 5.69 Å². The van der Waals surface area contributed by atoms with Crippen LogP contribution in [0.5, 0.6) is 11.5 Å². The molecule has 0 saturated heterocycles. The summed E-state index contributed by atoms with van der Waals surface area (Å²) in [4.78, 5) is 25.0. The fourth-order valence-electron chi connectivity index (χ4n) is 3.54. The van der Waals surface area contributed by atoms with E-state index in [9.17, 15) is 14.9 Å². The van der Waals surface area contributed by atoms with Gasteiger partial charge in [0, 0.05) is 12.2 Å². The number of hydrogen-bond acceptors (Lipinski definition) is 5. The van der Waals surface area contributed by atoms with Crippen molar-refractivity contribution < 1.29 is 19.1 Å². The molecule has 37 heavy (non-hydrogen) atoms. The van der Waals surface area contributed by atoms with Crippen LogP contribution in [-0.2, 0) is 16.1 Å². The number of ether oxygens (including phenoxy) is 2. The van der Waals surface area contributed by atoms with Gasteiger partial charge in [-0.1, -0.05) is 59.6 Å². The molecular formula is C29H28ClN3O4. The number of nitrogens with one attached hydrogen (secondary N) is 2. The van der Waals surface area contributed by atoms with Crippen LogP contribution in [0.15, 0.2) is 66.2 Å². The second-order valence-electron chi connectivity index (χ2n) is 8.26. The molecule has 0 aliphatic carbocycles. The Bertz CT molecular complexity index is 1350. The van der Waals surface area contributed by atoms with E-state index in [4.69, 9.17) is 21.1 Å². The molecule has 0 heterocycles. The molecule has 3 aromatic rings. The Morgan fingerprint density at radius 2 is 1.81 bits per heavy atom. The van der Waals surface area contributed by atoms with Gasteiger partial charge in [0.1, 0.15) is 11.6 Å². The lowest BCUT2D eigenvalue weighted by atomic mass is 10.1. The predicted octanol–water partition coefficient (Wildman–Crippen LogP) is 5.60. The highest BCUT2D eigenvalue weighted by molar-refractivity contribution is 6.32. The van der Waals surface area contributed by atoms with E-state index in [-0.39, 0.29) is 28.9 Å². The number of nitrogens with zero attached hydrogens (tertiary/aromatic N) is 1. The van der Waals surface area contributed by atoms with E-state index >= 15 is 0 Å². The van der Waals surface area contributed by atoms with E-state index in [1.807, 2.05) is 68.4 Å². The van der Waals surface area contributed by atoms with Gasteiger partial charge < -0.3 is 20.1 Å². The topological polar surface area (TPSA) is 100 Å². The Morgan fingerprint density at radius 3 is 2.49 bits per heavy atom. The van der Waals surface area contributed by atoms with Crippen LogP contribution in [0.1, 0.15) is 29.2 Å². The molecule has 7 nitrogen and oxygen atoms in total. The molecule has 3 aromatic carbocycles. The number of nitriles is 1. The van der Waals surface area contributed by atoms with Gasteiger partial charge in [0.05, 0.1) is 11.6 Å². The van der Waals surface area contributed by atoms with Crippen LogP contribution >= 0.6 is 11.6 Å². The van der Waals surface area contributed by atoms with E-state index in [0.29, 0.717) is 30.2 Å². The van der Waals surface area contributed by atoms with Gasteiger partial charge in [-0.15, -0.1) is 0 Å². The molecule has 0 bridgehead atoms. The lowest BCUT2D eigenvalue weighted by Crippen LogP contribution is -2.23. The molecule has 0 saturated carbocycles. The average molecular weight is 518 g/mol. The standard InChI is InChI=1S/C29H28ClN3O4/c1-4-36-26-15-22(13-23(16-31)29(35)32-17-21-8-6-5-7-9-21)14-24(30)28(26)37-18-27(34)33-25-11-10-19(2)12-20(25)3/h5-15H,4,17-18H2,1-3H3,(H,32,35)(H,33,34)/b23-13+. The van der Waals surface area contributed by atoms with E-state index in [1.54, 1.807) is 19.1 Å². The highest BCUT2D eigenvalue weighted by Gasteiger charge is 2.16. The number of carbonyl (C=O) groups excluding carboxylic acids is 2. The van der Waals surface area contributed by atoms with Crippen molar-refractivity contribution in [3.05, 3.63) is 93.5 Å². The monoisotopic (exact) mass is 517 g/mol. The zero-order valence-corrected chi connectivity index (χ0v) is 21.7. The Morgan fingerprint density at radius 1 is 1.05 bits per heavy atom. The second-order valence-corrected chi connectivity index (χ2v) is 8.66. The molecule has 2 N–H and O–H groups in total. The fraction of sp³-hybridized carbons (Fsp3) is 0.207. The highest BCUT2D eigenvalue weighted by atomic mass is 35.5. The number of carbonyl (C=O) groups is 2. The molecule has 0 spiro atoms. The van der Waals surface area contributed by atoms with E-state index in [1.165, 1.54) is 6.08 Å². The average Bonchev–Trinajstić information content (AvgIpc) is 2.88. The summed E-state index contributed by atoms with van der Waals surface area (Å²) in [6.45, 7) is 6.02. The van der Waals surface area contributed by atoms with Crippen molar-refractivity contribution in [3.63, 3.8) is 0 Å². The molecule has 3 rings (SSSR count). The fourth-order valence-corrected chi connectivity index (χ4v) is 3.81. The molecule has 0 aliphatic heterocycles. The number of aryl methyl sites for hydroxylation is 2. The van der Waals surface area contributed by atoms with Crippen molar-refractivity contribution in [2.45, 2.75) is 27.3 Å². The van der Waals surface area contributed by atoms with Gasteiger partial charge in [0.25, 0.3) is 11.8 Å². The summed E-state index contributed by atoms with van der Waals surface area (Å²) in [6.07, 6.45) is 1.42. The van der Waals surface area contributed by atoms with Crippen molar-refractivity contribution >= 4 is 35.2 Å². The van der Waals surface area contributed by atoms with Crippen LogP contribution in [0.3, 0.4) is 0 Å². The minimum Gasteiger partial charge on any atom is -0.490 e. The SMILES string of the molecule is CCOc1cc(/C=C(\C#N)C(=O)NCc2ccccc2)cc(Cl)c1OCC(=O)Nc1ccc(C)cc1C. The summed E-state index contributed by atoms with van der Waals surface area (Å²) in [5.74, 6) is -0.369. The van der Waals surface area contributed by atoms with Gasteiger partial charge in [0.15, 0.2) is 18.1 Å². The van der Waals surface area contributed by atoms with Crippen LogP contribution in [0.25, 0.3) is 6.08 Å². The first-order valence-corrected chi connectivity index (χ1v) is 12.1. The molecule has 0 aromatic heterocycles. The molecule has 0 atom stereocenters. The van der Waals surface area contributed by atoms with Crippen LogP contribution in [0.2, 0.25) is 5.02 Å². The molecule has 0 radical (unpaired) electrons. The number of anilines is 1. The maximum atomic E-state index is 12.5. The largest absolute Gasteiger partial charge is 0.490 e. The molecule has 0 aliphatic rings. The van der Waals surface area contributed by atoms with Crippen molar-refractivity contribution in [3.8, 4) is 17.6 Å². The smallest absolute Gasteiger partial charge is 0.262 e. The zero-order valence-electron chi connectivity index (χ0n) is 20.9. The maximum Gasteiger partial charge on any atom is 0.262 e. The van der Waals surface area contributed by atoms with Gasteiger partial charge in [-0.2, -0.15) is 5.26 Å². The Labute approximate surface area is 221 Å². The van der Waals surface area contributed by atoms with E-state index in [0.717, 1.165) is 16.7 Å². The van der Waals surface area contributed by atoms with Gasteiger partial charge in [-0.05, 0) is 61.7 Å². The summed E-state index contributed by atoms with van der Waals surface area (Å²) in [6, 6.07) is 20.2. The molecule has 0 unspecified atom stereocenters. The van der Waals surface area contributed by atoms with Gasteiger partial charge in [-0.25, -0.2) is 0 Å². The predicted molar refractivity (Wildman–Crippen MR) is 145 cm³/mol. The molecule has 190 valence electrons.